The van der Waals surface area contributed by atoms with E-state index in [2.05, 4.69) is 21.2 Å². The Morgan fingerprint density at radius 1 is 0.854 bits per heavy atom. The number of benzene rings is 4. The minimum atomic E-state index is -4.15. The van der Waals surface area contributed by atoms with Gasteiger partial charge in [0.05, 0.1) is 10.6 Å². The first-order chi connectivity index (χ1) is 19.7. The first kappa shape index (κ1) is 30.3. The van der Waals surface area contributed by atoms with Crippen LogP contribution >= 0.6 is 27.5 Å². The molecule has 0 saturated carbocycles. The van der Waals surface area contributed by atoms with Crippen LogP contribution in [0, 0.1) is 0 Å². The molecule has 1 N–H and O–H groups in total. The number of likely N-dealkylation sites (N-methyl/N-ethyl adjacent to an activating group) is 1. The van der Waals surface area contributed by atoms with E-state index in [1.54, 1.807) is 42.5 Å². The molecule has 1 unspecified atom stereocenters. The van der Waals surface area contributed by atoms with Gasteiger partial charge in [-0.2, -0.15) is 0 Å². The van der Waals surface area contributed by atoms with E-state index in [1.807, 2.05) is 54.6 Å². The molecule has 0 radical (unpaired) electrons. The first-order valence-electron chi connectivity index (χ1n) is 12.8. The second-order valence-electron chi connectivity index (χ2n) is 9.27. The summed E-state index contributed by atoms with van der Waals surface area (Å²) in [6, 6.07) is 30.0. The largest absolute Gasteiger partial charge is 0.357 e. The molecule has 212 valence electrons. The van der Waals surface area contributed by atoms with Crippen LogP contribution in [0.2, 0.25) is 5.02 Å². The maximum Gasteiger partial charge on any atom is 0.264 e. The monoisotopic (exact) mass is 653 g/mol. The van der Waals surface area contributed by atoms with Crippen LogP contribution in [0.1, 0.15) is 11.1 Å². The summed E-state index contributed by atoms with van der Waals surface area (Å²) in [6.45, 7) is -0.446. The summed E-state index contributed by atoms with van der Waals surface area (Å²) >= 11 is 9.55. The number of carbonyl (C=O) groups is 2. The lowest BCUT2D eigenvalue weighted by atomic mass is 10.0. The molecule has 0 aliphatic heterocycles. The molecule has 0 bridgehead atoms. The van der Waals surface area contributed by atoms with Gasteiger partial charge >= 0.3 is 0 Å². The summed E-state index contributed by atoms with van der Waals surface area (Å²) in [5.41, 5.74) is 1.91. The highest BCUT2D eigenvalue weighted by molar-refractivity contribution is 9.10. The van der Waals surface area contributed by atoms with E-state index in [-0.39, 0.29) is 29.5 Å². The number of anilines is 1. The second-order valence-corrected chi connectivity index (χ2v) is 12.5. The molecule has 7 nitrogen and oxygen atoms in total. The van der Waals surface area contributed by atoms with Crippen LogP contribution in [-0.2, 0) is 32.6 Å². The third-order valence-corrected chi connectivity index (χ3v) is 9.02. The van der Waals surface area contributed by atoms with E-state index in [1.165, 1.54) is 24.1 Å². The van der Waals surface area contributed by atoms with Crippen molar-refractivity contribution in [1.29, 1.82) is 0 Å². The number of amides is 2. The molecule has 41 heavy (non-hydrogen) atoms. The SMILES string of the molecule is CNC(=O)C(Cc1ccccc1)N(Cc1cccc(Br)c1)C(=O)CN(c1ccc(Cl)cc1)S(=O)(=O)c1ccccc1. The van der Waals surface area contributed by atoms with Crippen molar-refractivity contribution in [2.75, 3.05) is 17.9 Å². The fourth-order valence-electron chi connectivity index (χ4n) is 4.41. The van der Waals surface area contributed by atoms with Gasteiger partial charge in [-0.3, -0.25) is 13.9 Å². The molecule has 2 amide bonds. The van der Waals surface area contributed by atoms with Crippen molar-refractivity contribution in [3.8, 4) is 0 Å². The zero-order valence-corrected chi connectivity index (χ0v) is 25.4. The van der Waals surface area contributed by atoms with Crippen molar-refractivity contribution >= 4 is 55.1 Å². The zero-order valence-electron chi connectivity index (χ0n) is 22.3. The summed E-state index contributed by atoms with van der Waals surface area (Å²) in [7, 11) is -2.63. The predicted molar refractivity (Wildman–Crippen MR) is 165 cm³/mol. The minimum Gasteiger partial charge on any atom is -0.357 e. The lowest BCUT2D eigenvalue weighted by molar-refractivity contribution is -0.139. The topological polar surface area (TPSA) is 86.8 Å². The smallest absolute Gasteiger partial charge is 0.264 e. The Bertz CT molecular complexity index is 1590. The average Bonchev–Trinajstić information content (AvgIpc) is 2.98. The summed E-state index contributed by atoms with van der Waals surface area (Å²) < 4.78 is 29.6. The second kappa shape index (κ2) is 13.8. The number of sulfonamides is 1. The highest BCUT2D eigenvalue weighted by Gasteiger charge is 2.34. The van der Waals surface area contributed by atoms with Gasteiger partial charge in [0.15, 0.2) is 0 Å². The third kappa shape index (κ3) is 7.75. The van der Waals surface area contributed by atoms with Crippen molar-refractivity contribution < 1.29 is 18.0 Å². The van der Waals surface area contributed by atoms with Crippen molar-refractivity contribution in [3.63, 3.8) is 0 Å². The molecule has 1 atom stereocenters. The lowest BCUT2D eigenvalue weighted by Gasteiger charge is -2.33. The van der Waals surface area contributed by atoms with Gasteiger partial charge in [-0.25, -0.2) is 8.42 Å². The van der Waals surface area contributed by atoms with Gasteiger partial charge in [0.25, 0.3) is 10.0 Å². The van der Waals surface area contributed by atoms with Gasteiger partial charge in [-0.05, 0) is 59.7 Å². The standard InChI is InChI=1S/C31H29BrClN3O4S/c1-34-31(38)29(20-23-9-4-2-5-10-23)35(21-24-11-8-12-25(32)19-24)30(37)22-36(27-17-15-26(33)16-18-27)41(39,40)28-13-6-3-7-14-28/h2-19,29H,20-22H2,1H3,(H,34,38). The molecule has 4 rings (SSSR count). The molecule has 0 aliphatic rings. The summed E-state index contributed by atoms with van der Waals surface area (Å²) in [6.07, 6.45) is 0.243. The van der Waals surface area contributed by atoms with Crippen LogP contribution in [0.3, 0.4) is 0 Å². The normalized spacial score (nSPS) is 11.9. The van der Waals surface area contributed by atoms with Crippen LogP contribution in [0.25, 0.3) is 0 Å². The number of hydrogen-bond acceptors (Lipinski definition) is 4. The third-order valence-electron chi connectivity index (χ3n) is 6.48. The number of halogens is 2. The quantitative estimate of drug-likeness (QED) is 0.225. The number of hydrogen-bond donors (Lipinski definition) is 1. The van der Waals surface area contributed by atoms with Crippen molar-refractivity contribution in [2.24, 2.45) is 0 Å². The molecule has 10 heteroatoms. The number of nitrogens with one attached hydrogen (secondary N) is 1. The Labute approximate surface area is 253 Å². The maximum absolute atomic E-state index is 14.2. The van der Waals surface area contributed by atoms with Crippen LogP contribution in [-0.4, -0.2) is 44.8 Å². The lowest BCUT2D eigenvalue weighted by Crippen LogP contribution is -2.53. The van der Waals surface area contributed by atoms with E-state index >= 15 is 0 Å². The van der Waals surface area contributed by atoms with Crippen molar-refractivity contribution in [2.45, 2.75) is 23.9 Å². The van der Waals surface area contributed by atoms with Crippen molar-refractivity contribution in [1.82, 2.24) is 10.2 Å². The van der Waals surface area contributed by atoms with Gasteiger partial charge in [0.1, 0.15) is 12.6 Å². The van der Waals surface area contributed by atoms with Crippen LogP contribution < -0.4 is 9.62 Å². The van der Waals surface area contributed by atoms with Gasteiger partial charge in [0, 0.05) is 29.5 Å². The summed E-state index contributed by atoms with van der Waals surface area (Å²) in [4.78, 5) is 29.0. The van der Waals surface area contributed by atoms with Crippen LogP contribution in [0.4, 0.5) is 5.69 Å². The molecule has 0 spiro atoms. The van der Waals surface area contributed by atoms with Crippen molar-refractivity contribution in [3.05, 3.63) is 130 Å². The minimum absolute atomic E-state index is 0.0356. The fourth-order valence-corrected chi connectivity index (χ4v) is 6.42. The van der Waals surface area contributed by atoms with Gasteiger partial charge in [0.2, 0.25) is 11.8 Å². The Kier molecular flexibility index (Phi) is 10.2. The molecule has 0 heterocycles. The molecule has 0 saturated heterocycles. The van der Waals surface area contributed by atoms with Crippen LogP contribution in [0.15, 0.2) is 119 Å². The van der Waals surface area contributed by atoms with E-state index in [4.69, 9.17) is 11.6 Å². The highest BCUT2D eigenvalue weighted by Crippen LogP contribution is 2.26. The maximum atomic E-state index is 14.2. The molecular weight excluding hydrogens is 626 g/mol. The Morgan fingerprint density at radius 2 is 1.46 bits per heavy atom. The first-order valence-corrected chi connectivity index (χ1v) is 15.4. The number of rotatable bonds is 11. The Hall–Kier alpha value is -3.66. The summed E-state index contributed by atoms with van der Waals surface area (Å²) in [5.74, 6) is -0.898. The van der Waals surface area contributed by atoms with Gasteiger partial charge in [-0.1, -0.05) is 88.2 Å². The molecule has 4 aromatic rings. The van der Waals surface area contributed by atoms with Crippen LogP contribution in [0.5, 0.6) is 0 Å². The van der Waals surface area contributed by atoms with E-state index in [9.17, 15) is 18.0 Å². The molecule has 4 aromatic carbocycles. The molecule has 0 aliphatic carbocycles. The molecule has 0 aromatic heterocycles. The Morgan fingerprint density at radius 3 is 2.07 bits per heavy atom. The summed E-state index contributed by atoms with van der Waals surface area (Å²) in [5, 5.41) is 3.10. The number of carbonyl (C=O) groups excluding carboxylic acids is 2. The Balaban J connectivity index is 1.78. The highest BCUT2D eigenvalue weighted by atomic mass is 79.9. The molecular formula is C31H29BrClN3O4S. The van der Waals surface area contributed by atoms with Gasteiger partial charge in [-0.15, -0.1) is 0 Å². The van der Waals surface area contributed by atoms with E-state index in [0.29, 0.717) is 5.02 Å². The van der Waals surface area contributed by atoms with Gasteiger partial charge < -0.3 is 10.2 Å². The fraction of sp³-hybridized carbons (Fsp3) is 0.161. The van der Waals surface area contributed by atoms with E-state index < -0.39 is 28.5 Å². The zero-order chi connectivity index (χ0) is 29.4. The molecule has 0 fully saturated rings. The van der Waals surface area contributed by atoms with E-state index in [0.717, 1.165) is 19.9 Å². The number of nitrogens with zero attached hydrogens (tertiary/aromatic N) is 2. The predicted octanol–water partition coefficient (Wildman–Crippen LogP) is 5.68. The average molecular weight is 655 g/mol.